The van der Waals surface area contributed by atoms with Crippen molar-refractivity contribution >= 4 is 0 Å². The van der Waals surface area contributed by atoms with E-state index in [1.54, 1.807) is 0 Å². The van der Waals surface area contributed by atoms with Crippen LogP contribution in [-0.4, -0.2) is 24.8 Å². The van der Waals surface area contributed by atoms with Crippen LogP contribution in [0.2, 0.25) is 0 Å². The monoisotopic (exact) mass is 201 g/mol. The molecule has 0 aliphatic rings. The van der Waals surface area contributed by atoms with Gasteiger partial charge in [0.25, 0.3) is 0 Å². The van der Waals surface area contributed by atoms with Crippen LogP contribution >= 0.6 is 0 Å². The topological polar surface area (TPSA) is 12.5 Å². The minimum atomic E-state index is 0.803. The summed E-state index contributed by atoms with van der Waals surface area (Å²) in [5, 5.41) is 2.14. The van der Waals surface area contributed by atoms with E-state index in [2.05, 4.69) is 25.8 Å². The van der Waals surface area contributed by atoms with Crippen LogP contribution in [0.1, 0.15) is 59.3 Å². The molecule has 0 aromatic rings. The molecule has 0 saturated heterocycles. The summed E-state index contributed by atoms with van der Waals surface area (Å²) in [6.07, 6.45) is 7.77. The number of nitrogens with zero attached hydrogens (tertiary/aromatic N) is 1. The van der Waals surface area contributed by atoms with Crippen molar-refractivity contribution in [1.29, 1.82) is 0 Å². The Morgan fingerprint density at radius 3 is 2.00 bits per heavy atom. The highest BCUT2D eigenvalue weighted by atomic mass is 16.7. The van der Waals surface area contributed by atoms with Crippen LogP contribution < -0.4 is 0 Å². The van der Waals surface area contributed by atoms with Crippen molar-refractivity contribution in [3.05, 3.63) is 0 Å². The average Bonchev–Trinajstić information content (AvgIpc) is 2.20. The molecule has 0 aliphatic carbocycles. The zero-order valence-corrected chi connectivity index (χ0v) is 10.2. The van der Waals surface area contributed by atoms with E-state index in [0.717, 1.165) is 19.7 Å². The van der Waals surface area contributed by atoms with Crippen LogP contribution in [0.5, 0.6) is 0 Å². The highest BCUT2D eigenvalue weighted by Crippen LogP contribution is 2.03. The van der Waals surface area contributed by atoms with Gasteiger partial charge in [-0.1, -0.05) is 39.5 Å². The SMILES string of the molecule is CCCCCCN(CCCC)OCC. The lowest BCUT2D eigenvalue weighted by Gasteiger charge is -2.20. The van der Waals surface area contributed by atoms with Gasteiger partial charge in [-0.15, -0.1) is 0 Å². The van der Waals surface area contributed by atoms with Crippen LogP contribution in [0.25, 0.3) is 0 Å². The van der Waals surface area contributed by atoms with Crippen LogP contribution in [-0.2, 0) is 4.84 Å². The third-order valence-electron chi connectivity index (χ3n) is 2.33. The van der Waals surface area contributed by atoms with Gasteiger partial charge >= 0.3 is 0 Å². The lowest BCUT2D eigenvalue weighted by molar-refractivity contribution is -0.155. The Morgan fingerprint density at radius 2 is 1.43 bits per heavy atom. The number of rotatable bonds is 10. The first kappa shape index (κ1) is 13.9. The second-order valence-corrected chi connectivity index (χ2v) is 3.76. The molecule has 2 heteroatoms. The minimum Gasteiger partial charge on any atom is -0.299 e. The number of hydroxylamine groups is 2. The number of hydrogen-bond acceptors (Lipinski definition) is 2. The summed E-state index contributed by atoms with van der Waals surface area (Å²) in [5.41, 5.74) is 0. The maximum Gasteiger partial charge on any atom is 0.0656 e. The van der Waals surface area contributed by atoms with Crippen molar-refractivity contribution in [2.45, 2.75) is 59.3 Å². The Labute approximate surface area is 89.6 Å². The molecule has 0 rings (SSSR count). The molecular formula is C12H27NO. The molecular weight excluding hydrogens is 174 g/mol. The molecule has 0 amide bonds. The predicted octanol–water partition coefficient (Wildman–Crippen LogP) is 3.62. The molecule has 0 saturated carbocycles. The van der Waals surface area contributed by atoms with Gasteiger partial charge in [-0.2, -0.15) is 5.06 Å². The largest absolute Gasteiger partial charge is 0.299 e. The fourth-order valence-electron chi connectivity index (χ4n) is 1.47. The maximum absolute atomic E-state index is 5.56. The molecule has 86 valence electrons. The van der Waals surface area contributed by atoms with Crippen molar-refractivity contribution in [2.75, 3.05) is 19.7 Å². The molecule has 0 unspecified atom stereocenters. The first-order chi connectivity index (χ1) is 6.85. The van der Waals surface area contributed by atoms with Crippen molar-refractivity contribution in [3.8, 4) is 0 Å². The number of hydrogen-bond donors (Lipinski definition) is 0. The summed E-state index contributed by atoms with van der Waals surface area (Å²) in [5.74, 6) is 0. The van der Waals surface area contributed by atoms with Gasteiger partial charge in [0.05, 0.1) is 6.61 Å². The zero-order valence-electron chi connectivity index (χ0n) is 10.2. The molecule has 0 radical (unpaired) electrons. The quantitative estimate of drug-likeness (QED) is 0.395. The van der Waals surface area contributed by atoms with E-state index in [9.17, 15) is 0 Å². The summed E-state index contributed by atoms with van der Waals surface area (Å²) >= 11 is 0. The molecule has 0 heterocycles. The van der Waals surface area contributed by atoms with E-state index in [1.807, 2.05) is 0 Å². The highest BCUT2D eigenvalue weighted by Gasteiger charge is 2.02. The van der Waals surface area contributed by atoms with E-state index in [0.29, 0.717) is 0 Å². The van der Waals surface area contributed by atoms with Crippen molar-refractivity contribution in [3.63, 3.8) is 0 Å². The average molecular weight is 201 g/mol. The van der Waals surface area contributed by atoms with Crippen LogP contribution in [0.4, 0.5) is 0 Å². The smallest absolute Gasteiger partial charge is 0.0656 e. The third kappa shape index (κ3) is 8.52. The summed E-state index contributed by atoms with van der Waals surface area (Å²) in [4.78, 5) is 5.56. The van der Waals surface area contributed by atoms with Crippen molar-refractivity contribution in [2.24, 2.45) is 0 Å². The van der Waals surface area contributed by atoms with Gasteiger partial charge in [0, 0.05) is 13.1 Å². The predicted molar refractivity (Wildman–Crippen MR) is 62.2 cm³/mol. The van der Waals surface area contributed by atoms with Gasteiger partial charge in [-0.05, 0) is 19.8 Å². The van der Waals surface area contributed by atoms with E-state index in [1.165, 1.54) is 38.5 Å². The Hall–Kier alpha value is -0.0800. The van der Waals surface area contributed by atoms with Crippen molar-refractivity contribution < 1.29 is 4.84 Å². The van der Waals surface area contributed by atoms with Gasteiger partial charge in [-0.3, -0.25) is 4.84 Å². The van der Waals surface area contributed by atoms with Crippen LogP contribution in [0.15, 0.2) is 0 Å². The van der Waals surface area contributed by atoms with E-state index in [-0.39, 0.29) is 0 Å². The molecule has 14 heavy (non-hydrogen) atoms. The molecule has 0 fully saturated rings. The Kier molecular flexibility index (Phi) is 10.9. The first-order valence-electron chi connectivity index (χ1n) is 6.23. The fourth-order valence-corrected chi connectivity index (χ4v) is 1.47. The second kappa shape index (κ2) is 11.0. The van der Waals surface area contributed by atoms with Gasteiger partial charge in [0.15, 0.2) is 0 Å². The van der Waals surface area contributed by atoms with Gasteiger partial charge in [0.2, 0.25) is 0 Å². The number of unbranched alkanes of at least 4 members (excludes halogenated alkanes) is 4. The van der Waals surface area contributed by atoms with Gasteiger partial charge < -0.3 is 0 Å². The molecule has 0 spiro atoms. The van der Waals surface area contributed by atoms with Crippen molar-refractivity contribution in [1.82, 2.24) is 5.06 Å². The lowest BCUT2D eigenvalue weighted by atomic mass is 10.2. The molecule has 0 aromatic carbocycles. The normalized spacial score (nSPS) is 11.1. The van der Waals surface area contributed by atoms with E-state index >= 15 is 0 Å². The molecule has 0 atom stereocenters. The lowest BCUT2D eigenvalue weighted by Crippen LogP contribution is -2.26. The summed E-state index contributed by atoms with van der Waals surface area (Å²) in [6, 6.07) is 0. The highest BCUT2D eigenvalue weighted by molar-refractivity contribution is 4.48. The summed E-state index contributed by atoms with van der Waals surface area (Å²) in [6.45, 7) is 9.53. The molecule has 0 aliphatic heterocycles. The maximum atomic E-state index is 5.56. The van der Waals surface area contributed by atoms with E-state index < -0.39 is 0 Å². The fraction of sp³-hybridized carbons (Fsp3) is 1.00. The Balaban J connectivity index is 3.40. The summed E-state index contributed by atoms with van der Waals surface area (Å²) in [7, 11) is 0. The summed E-state index contributed by atoms with van der Waals surface area (Å²) < 4.78 is 0. The van der Waals surface area contributed by atoms with Crippen LogP contribution in [0, 0.1) is 0 Å². The van der Waals surface area contributed by atoms with Gasteiger partial charge in [0.1, 0.15) is 0 Å². The minimum absolute atomic E-state index is 0.803. The van der Waals surface area contributed by atoms with Gasteiger partial charge in [-0.25, -0.2) is 0 Å². The third-order valence-corrected chi connectivity index (χ3v) is 2.33. The second-order valence-electron chi connectivity index (χ2n) is 3.76. The Morgan fingerprint density at radius 1 is 0.786 bits per heavy atom. The van der Waals surface area contributed by atoms with E-state index in [4.69, 9.17) is 4.84 Å². The Bertz CT molecular complexity index is 106. The molecule has 2 nitrogen and oxygen atoms in total. The molecule has 0 N–H and O–H groups in total. The molecule has 0 bridgehead atoms. The van der Waals surface area contributed by atoms with Crippen LogP contribution in [0.3, 0.4) is 0 Å². The standard InChI is InChI=1S/C12H27NO/c1-4-7-9-10-12-13(14-6-3)11-8-5-2/h4-12H2,1-3H3. The zero-order chi connectivity index (χ0) is 10.6. The first-order valence-corrected chi connectivity index (χ1v) is 6.23. The molecule has 0 aromatic heterocycles.